The summed E-state index contributed by atoms with van der Waals surface area (Å²) < 4.78 is 33.0. The van der Waals surface area contributed by atoms with E-state index in [1.807, 2.05) is 0 Å². The minimum Gasteiger partial charge on any atom is -0.466 e. The van der Waals surface area contributed by atoms with Crippen molar-refractivity contribution in [3.8, 4) is 5.75 Å². The van der Waals surface area contributed by atoms with Crippen LogP contribution in [0.3, 0.4) is 0 Å². The van der Waals surface area contributed by atoms with Crippen LogP contribution in [0.2, 0.25) is 0 Å². The predicted octanol–water partition coefficient (Wildman–Crippen LogP) is 2.50. The molecule has 1 aromatic rings. The molecule has 1 rings (SSSR count). The highest BCUT2D eigenvalue weighted by Crippen LogP contribution is 2.16. The summed E-state index contributed by atoms with van der Waals surface area (Å²) in [5.74, 6) is -0.146. The van der Waals surface area contributed by atoms with Crippen LogP contribution in [0.15, 0.2) is 24.3 Å². The van der Waals surface area contributed by atoms with Crippen LogP contribution in [0.1, 0.15) is 25.3 Å². The summed E-state index contributed by atoms with van der Waals surface area (Å²) in [7, 11) is 0. The van der Waals surface area contributed by atoms with Crippen LogP contribution in [0.4, 0.5) is 8.78 Å². The summed E-state index contributed by atoms with van der Waals surface area (Å²) in [5, 5.41) is 0. The molecule has 2 N–H and O–H groups in total. The minimum absolute atomic E-state index is 0.115. The first kappa shape index (κ1) is 16.4. The second-order valence-electron chi connectivity index (χ2n) is 4.33. The molecule has 0 saturated carbocycles. The molecular formula is C14H19F2NO3. The number of hydrogen-bond donors (Lipinski definition) is 1. The van der Waals surface area contributed by atoms with Crippen molar-refractivity contribution in [3.63, 3.8) is 0 Å². The first-order valence-corrected chi connectivity index (χ1v) is 6.46. The maximum Gasteiger partial charge on any atom is 0.387 e. The van der Waals surface area contributed by atoms with Crippen molar-refractivity contribution in [2.45, 2.75) is 38.8 Å². The number of esters is 1. The SMILES string of the molecule is CCOC(=O)CCC(N)Cc1ccc(OC(F)F)cc1. The van der Waals surface area contributed by atoms with Crippen LogP contribution in [-0.2, 0) is 16.0 Å². The summed E-state index contributed by atoms with van der Waals surface area (Å²) in [6.07, 6.45) is 1.37. The van der Waals surface area contributed by atoms with Crippen molar-refractivity contribution in [1.29, 1.82) is 0 Å². The van der Waals surface area contributed by atoms with Crippen LogP contribution < -0.4 is 10.5 Å². The van der Waals surface area contributed by atoms with E-state index in [0.717, 1.165) is 5.56 Å². The van der Waals surface area contributed by atoms with Crippen molar-refractivity contribution in [3.05, 3.63) is 29.8 Å². The monoisotopic (exact) mass is 287 g/mol. The Morgan fingerprint density at radius 2 is 1.95 bits per heavy atom. The Kier molecular flexibility index (Phi) is 6.93. The van der Waals surface area contributed by atoms with Crippen molar-refractivity contribution in [1.82, 2.24) is 0 Å². The average molecular weight is 287 g/mol. The Morgan fingerprint density at radius 3 is 2.50 bits per heavy atom. The molecular weight excluding hydrogens is 268 g/mol. The lowest BCUT2D eigenvalue weighted by Gasteiger charge is -2.12. The number of rotatable bonds is 8. The van der Waals surface area contributed by atoms with Gasteiger partial charge in [-0.1, -0.05) is 12.1 Å². The quantitative estimate of drug-likeness (QED) is 0.746. The molecule has 0 aliphatic heterocycles. The fourth-order valence-electron chi connectivity index (χ4n) is 1.75. The van der Waals surface area contributed by atoms with Crippen LogP contribution in [0.5, 0.6) is 5.75 Å². The van der Waals surface area contributed by atoms with Crippen molar-refractivity contribution in [2.24, 2.45) is 5.73 Å². The lowest BCUT2D eigenvalue weighted by atomic mass is 10.0. The molecule has 1 atom stereocenters. The van der Waals surface area contributed by atoms with Crippen LogP contribution in [0.25, 0.3) is 0 Å². The third kappa shape index (κ3) is 6.47. The second-order valence-corrected chi connectivity index (χ2v) is 4.33. The molecule has 0 amide bonds. The molecule has 0 saturated heterocycles. The van der Waals surface area contributed by atoms with Gasteiger partial charge in [0.1, 0.15) is 5.75 Å². The lowest BCUT2D eigenvalue weighted by molar-refractivity contribution is -0.143. The number of carbonyl (C=O) groups is 1. The molecule has 0 radical (unpaired) electrons. The molecule has 4 nitrogen and oxygen atoms in total. The number of benzene rings is 1. The normalized spacial score (nSPS) is 12.2. The van der Waals surface area contributed by atoms with E-state index >= 15 is 0 Å². The number of carbonyl (C=O) groups excluding carboxylic acids is 1. The first-order valence-electron chi connectivity index (χ1n) is 6.46. The van der Waals surface area contributed by atoms with Gasteiger partial charge in [0, 0.05) is 12.5 Å². The molecule has 20 heavy (non-hydrogen) atoms. The summed E-state index contributed by atoms with van der Waals surface area (Å²) in [6, 6.07) is 6.13. The summed E-state index contributed by atoms with van der Waals surface area (Å²) >= 11 is 0. The highest BCUT2D eigenvalue weighted by Gasteiger charge is 2.09. The van der Waals surface area contributed by atoms with E-state index in [1.54, 1.807) is 19.1 Å². The fourth-order valence-corrected chi connectivity index (χ4v) is 1.75. The molecule has 0 heterocycles. The largest absolute Gasteiger partial charge is 0.466 e. The Hall–Kier alpha value is -1.69. The van der Waals surface area contributed by atoms with Gasteiger partial charge in [0.25, 0.3) is 0 Å². The first-order chi connectivity index (χ1) is 9.51. The zero-order valence-corrected chi connectivity index (χ0v) is 11.4. The van der Waals surface area contributed by atoms with E-state index in [-0.39, 0.29) is 24.2 Å². The van der Waals surface area contributed by atoms with E-state index in [0.29, 0.717) is 19.4 Å². The van der Waals surface area contributed by atoms with Gasteiger partial charge in [-0.25, -0.2) is 0 Å². The van der Waals surface area contributed by atoms with Gasteiger partial charge < -0.3 is 15.2 Å². The van der Waals surface area contributed by atoms with E-state index < -0.39 is 6.61 Å². The standard InChI is InChI=1S/C14H19F2NO3/c1-2-19-13(18)8-5-11(17)9-10-3-6-12(7-4-10)20-14(15)16/h3-4,6-7,11,14H,2,5,8-9,17H2,1H3. The van der Waals surface area contributed by atoms with E-state index in [9.17, 15) is 13.6 Å². The van der Waals surface area contributed by atoms with E-state index in [4.69, 9.17) is 10.5 Å². The van der Waals surface area contributed by atoms with Gasteiger partial charge in [-0.3, -0.25) is 4.79 Å². The van der Waals surface area contributed by atoms with E-state index in [2.05, 4.69) is 4.74 Å². The third-order valence-electron chi connectivity index (χ3n) is 2.67. The third-order valence-corrected chi connectivity index (χ3v) is 2.67. The number of halogens is 2. The molecule has 1 unspecified atom stereocenters. The molecule has 0 fully saturated rings. The maximum atomic E-state index is 12.0. The van der Waals surface area contributed by atoms with Gasteiger partial charge in [0.05, 0.1) is 6.61 Å². The fraction of sp³-hybridized carbons (Fsp3) is 0.500. The van der Waals surface area contributed by atoms with Gasteiger partial charge in [-0.15, -0.1) is 0 Å². The minimum atomic E-state index is -2.83. The average Bonchev–Trinajstić information content (AvgIpc) is 2.38. The smallest absolute Gasteiger partial charge is 0.387 e. The highest BCUT2D eigenvalue weighted by molar-refractivity contribution is 5.69. The van der Waals surface area contributed by atoms with Gasteiger partial charge >= 0.3 is 12.6 Å². The van der Waals surface area contributed by atoms with E-state index in [1.165, 1.54) is 12.1 Å². The molecule has 112 valence electrons. The summed E-state index contributed by atoms with van der Waals surface area (Å²) in [4.78, 5) is 11.2. The number of alkyl halides is 2. The number of ether oxygens (including phenoxy) is 2. The van der Waals surface area contributed by atoms with Crippen LogP contribution in [0, 0.1) is 0 Å². The molecule has 0 spiro atoms. The molecule has 1 aromatic carbocycles. The van der Waals surface area contributed by atoms with Gasteiger partial charge in [-0.05, 0) is 37.5 Å². The zero-order chi connectivity index (χ0) is 15.0. The van der Waals surface area contributed by atoms with Crippen LogP contribution in [-0.4, -0.2) is 25.2 Å². The molecule has 0 aliphatic carbocycles. The number of nitrogens with two attached hydrogens (primary N) is 1. The van der Waals surface area contributed by atoms with Crippen LogP contribution >= 0.6 is 0 Å². The lowest BCUT2D eigenvalue weighted by Crippen LogP contribution is -2.24. The van der Waals surface area contributed by atoms with Crippen molar-refractivity contribution >= 4 is 5.97 Å². The Labute approximate surface area is 116 Å². The molecule has 0 bridgehead atoms. The van der Waals surface area contributed by atoms with Gasteiger partial charge in [-0.2, -0.15) is 8.78 Å². The Balaban J connectivity index is 2.38. The molecule has 0 aromatic heterocycles. The number of hydrogen-bond acceptors (Lipinski definition) is 4. The van der Waals surface area contributed by atoms with Crippen molar-refractivity contribution < 1.29 is 23.0 Å². The highest BCUT2D eigenvalue weighted by atomic mass is 19.3. The Bertz CT molecular complexity index is 409. The Morgan fingerprint density at radius 1 is 1.30 bits per heavy atom. The van der Waals surface area contributed by atoms with Crippen molar-refractivity contribution in [2.75, 3.05) is 6.61 Å². The zero-order valence-electron chi connectivity index (χ0n) is 11.4. The molecule has 0 aliphatic rings. The second kappa shape index (κ2) is 8.47. The molecule has 6 heteroatoms. The maximum absolute atomic E-state index is 12.0. The van der Waals surface area contributed by atoms with Gasteiger partial charge in [0.15, 0.2) is 0 Å². The summed E-state index contributed by atoms with van der Waals surface area (Å²) in [6.45, 7) is -0.715. The van der Waals surface area contributed by atoms with Gasteiger partial charge in [0.2, 0.25) is 0 Å². The summed E-state index contributed by atoms with van der Waals surface area (Å²) in [5.41, 5.74) is 6.82. The predicted molar refractivity (Wildman–Crippen MR) is 70.6 cm³/mol. The topological polar surface area (TPSA) is 61.5 Å².